The maximum absolute atomic E-state index is 2.72. The Morgan fingerprint density at radius 1 is 0.394 bits per heavy atom. The fraction of sp³-hybridized carbons (Fsp3) is 0.284. The van der Waals surface area contributed by atoms with Crippen molar-refractivity contribution in [2.75, 3.05) is 14.7 Å². The molecule has 0 saturated carbocycles. The Morgan fingerprint density at radius 2 is 0.901 bits per heavy atom. The fourth-order valence-corrected chi connectivity index (χ4v) is 15.1. The van der Waals surface area contributed by atoms with Gasteiger partial charge in [0.2, 0.25) is 0 Å². The van der Waals surface area contributed by atoms with Gasteiger partial charge < -0.3 is 14.7 Å². The Morgan fingerprint density at radius 3 is 1.52 bits per heavy atom. The average molecular weight is 924 g/mol. The van der Waals surface area contributed by atoms with Crippen molar-refractivity contribution in [3.63, 3.8) is 0 Å². The van der Waals surface area contributed by atoms with Crippen LogP contribution in [0.15, 0.2) is 158 Å². The molecule has 0 unspecified atom stereocenters. The number of anilines is 9. The van der Waals surface area contributed by atoms with Gasteiger partial charge in [-0.05, 0) is 182 Å². The van der Waals surface area contributed by atoms with E-state index in [0.29, 0.717) is 0 Å². The first kappa shape index (κ1) is 44.2. The Balaban J connectivity index is 1.15. The van der Waals surface area contributed by atoms with E-state index in [9.17, 15) is 0 Å². The largest absolute Gasteiger partial charge is 0.311 e. The minimum Gasteiger partial charge on any atom is -0.311 e. The third-order valence-electron chi connectivity index (χ3n) is 17.7. The van der Waals surface area contributed by atoms with E-state index in [-0.39, 0.29) is 33.8 Å². The molecule has 0 aromatic heterocycles. The van der Waals surface area contributed by atoms with Gasteiger partial charge in [0.15, 0.2) is 0 Å². The molecular weight excluding hydrogens is 858 g/mol. The molecule has 0 spiro atoms. The average Bonchev–Trinajstić information content (AvgIpc) is 3.76. The molecule has 5 aliphatic rings. The van der Waals surface area contributed by atoms with Crippen LogP contribution in [0, 0.1) is 13.8 Å². The van der Waals surface area contributed by atoms with Crippen LogP contribution in [0.3, 0.4) is 0 Å². The first-order valence-corrected chi connectivity index (χ1v) is 26.1. The molecule has 8 aromatic rings. The molecule has 0 fully saturated rings. The molecule has 0 radical (unpaired) electrons. The van der Waals surface area contributed by atoms with Gasteiger partial charge in [0, 0.05) is 56.5 Å². The maximum Gasteiger partial charge on any atom is 0.252 e. The van der Waals surface area contributed by atoms with Crippen molar-refractivity contribution in [3.05, 3.63) is 202 Å². The van der Waals surface area contributed by atoms with Gasteiger partial charge in [-0.15, -0.1) is 0 Å². The van der Waals surface area contributed by atoms with Crippen molar-refractivity contribution in [1.82, 2.24) is 0 Å². The quantitative estimate of drug-likeness (QED) is 0.159. The van der Waals surface area contributed by atoms with Crippen molar-refractivity contribution >= 4 is 74.3 Å². The summed E-state index contributed by atoms with van der Waals surface area (Å²) in [6, 6.07) is 60.9. The van der Waals surface area contributed by atoms with Crippen molar-refractivity contribution in [2.45, 2.75) is 123 Å². The highest BCUT2D eigenvalue weighted by atomic mass is 15.2. The highest BCUT2D eigenvalue weighted by Gasteiger charge is 2.50. The minimum atomic E-state index is -0.154. The molecule has 3 nitrogen and oxygen atoms in total. The summed E-state index contributed by atoms with van der Waals surface area (Å²) in [7, 11) is 0. The highest BCUT2D eigenvalue weighted by Crippen LogP contribution is 2.58. The molecule has 0 bridgehead atoms. The van der Waals surface area contributed by atoms with Crippen LogP contribution in [0.25, 0.3) is 11.1 Å². The summed E-state index contributed by atoms with van der Waals surface area (Å²) in [5.74, 6) is 0. The first-order chi connectivity index (χ1) is 33.8. The molecule has 8 aromatic carbocycles. The van der Waals surface area contributed by atoms with Crippen LogP contribution in [0.1, 0.15) is 127 Å². The van der Waals surface area contributed by atoms with Gasteiger partial charge >= 0.3 is 0 Å². The molecular formula is C67H66BN3. The van der Waals surface area contributed by atoms with E-state index in [2.05, 4.69) is 256 Å². The van der Waals surface area contributed by atoms with E-state index in [1.807, 2.05) is 0 Å². The van der Waals surface area contributed by atoms with Crippen LogP contribution in [-0.2, 0) is 27.1 Å². The van der Waals surface area contributed by atoms with Gasteiger partial charge in [0.05, 0.1) is 5.69 Å². The van der Waals surface area contributed by atoms with Gasteiger partial charge in [-0.25, -0.2) is 0 Å². The zero-order valence-corrected chi connectivity index (χ0v) is 43.8. The third kappa shape index (κ3) is 6.22. The molecule has 0 saturated heterocycles. The third-order valence-corrected chi connectivity index (χ3v) is 17.7. The molecule has 352 valence electrons. The van der Waals surface area contributed by atoms with Crippen LogP contribution in [0.5, 0.6) is 0 Å². The second kappa shape index (κ2) is 14.7. The molecule has 71 heavy (non-hydrogen) atoms. The van der Waals surface area contributed by atoms with E-state index in [0.717, 1.165) is 29.9 Å². The SMILES string of the molecule is Cc1cc2c3c(c1)N(c1cccc4c1-c1ccccc1C4(C)C)c1cc(N(c4ccccc4)c4ccccc4)ccc1B3c1cc3c(cc1N2c1cc2c(cc1C)C(C)(C)CC2(C)C)C(C)(C)CC3(C)C. The Kier molecular flexibility index (Phi) is 9.12. The zero-order chi connectivity index (χ0) is 49.3. The van der Waals surface area contributed by atoms with Gasteiger partial charge in [-0.1, -0.05) is 160 Å². The lowest BCUT2D eigenvalue weighted by Crippen LogP contribution is -2.61. The predicted molar refractivity (Wildman–Crippen MR) is 304 cm³/mol. The van der Waals surface area contributed by atoms with Crippen LogP contribution in [-0.4, -0.2) is 6.71 Å². The lowest BCUT2D eigenvalue weighted by atomic mass is 9.33. The maximum atomic E-state index is 2.72. The summed E-state index contributed by atoms with van der Waals surface area (Å²) in [4.78, 5) is 7.82. The van der Waals surface area contributed by atoms with E-state index >= 15 is 0 Å². The van der Waals surface area contributed by atoms with E-state index in [1.165, 1.54) is 106 Å². The summed E-state index contributed by atoms with van der Waals surface area (Å²) in [6.45, 7) is 29.2. The summed E-state index contributed by atoms with van der Waals surface area (Å²) in [6.07, 6.45) is 2.25. The topological polar surface area (TPSA) is 9.72 Å². The normalized spacial score (nSPS) is 18.2. The van der Waals surface area contributed by atoms with Crippen molar-refractivity contribution in [3.8, 4) is 11.1 Å². The number of hydrogen-bond donors (Lipinski definition) is 0. The first-order valence-electron chi connectivity index (χ1n) is 26.1. The van der Waals surface area contributed by atoms with Gasteiger partial charge in [-0.2, -0.15) is 0 Å². The number of benzene rings is 8. The van der Waals surface area contributed by atoms with Crippen LogP contribution < -0.4 is 31.1 Å². The smallest absolute Gasteiger partial charge is 0.252 e. The van der Waals surface area contributed by atoms with Gasteiger partial charge in [0.25, 0.3) is 6.71 Å². The van der Waals surface area contributed by atoms with E-state index < -0.39 is 0 Å². The highest BCUT2D eigenvalue weighted by molar-refractivity contribution is 7.00. The number of aryl methyl sites for hydroxylation is 2. The Bertz CT molecular complexity index is 3520. The predicted octanol–water partition coefficient (Wildman–Crippen LogP) is 16.1. The summed E-state index contributed by atoms with van der Waals surface area (Å²) < 4.78 is 0. The molecule has 0 N–H and O–H groups in total. The standard InChI is InChI=1S/C67H66BN3/c1-41-32-59-62-60(33-41)71(56-37-51-49(34-42(56)2)63(3,4)39-65(51,7)8)58-38-52-50(64(5,6)40-66(52,9)10)36-54(58)68(62)53-31-30-45(69(43-22-15-13-16-23-43)44-24-17-14-18-25-44)35-57(53)70(59)55-29-21-28-48-61(55)46-26-19-20-27-47(46)67(48,11)12/h13-38H,39-40H2,1-12H3. The van der Waals surface area contributed by atoms with E-state index in [1.54, 1.807) is 0 Å². The second-order valence-corrected chi connectivity index (χ2v) is 25.0. The molecule has 3 aliphatic carbocycles. The number of hydrogen-bond acceptors (Lipinski definition) is 3. The van der Waals surface area contributed by atoms with Crippen molar-refractivity contribution in [2.24, 2.45) is 0 Å². The molecule has 2 aliphatic heterocycles. The van der Waals surface area contributed by atoms with Crippen molar-refractivity contribution < 1.29 is 0 Å². The van der Waals surface area contributed by atoms with Crippen LogP contribution in [0.4, 0.5) is 51.2 Å². The number of fused-ring (bicyclic) bond motifs is 9. The molecule has 2 heterocycles. The minimum absolute atomic E-state index is 0.00976. The number of nitrogens with zero attached hydrogens (tertiary/aromatic N) is 3. The molecule has 0 amide bonds. The molecule has 0 atom stereocenters. The lowest BCUT2D eigenvalue weighted by molar-refractivity contribution is 0.403. The second-order valence-electron chi connectivity index (χ2n) is 25.0. The van der Waals surface area contributed by atoms with Gasteiger partial charge in [0.1, 0.15) is 0 Å². The summed E-state index contributed by atoms with van der Waals surface area (Å²) in [5.41, 5.74) is 29.1. The van der Waals surface area contributed by atoms with Gasteiger partial charge in [-0.3, -0.25) is 0 Å². The van der Waals surface area contributed by atoms with Crippen molar-refractivity contribution in [1.29, 1.82) is 0 Å². The Labute approximate surface area is 423 Å². The summed E-state index contributed by atoms with van der Waals surface area (Å²) in [5, 5.41) is 0. The van der Waals surface area contributed by atoms with Crippen LogP contribution in [0.2, 0.25) is 0 Å². The van der Waals surface area contributed by atoms with E-state index in [4.69, 9.17) is 0 Å². The lowest BCUT2D eigenvalue weighted by Gasteiger charge is -2.46. The fourth-order valence-electron chi connectivity index (χ4n) is 15.1. The number of para-hydroxylation sites is 2. The monoisotopic (exact) mass is 924 g/mol. The van der Waals surface area contributed by atoms with Crippen LogP contribution >= 0.6 is 0 Å². The molecule has 4 heteroatoms. The number of rotatable bonds is 5. The summed E-state index contributed by atoms with van der Waals surface area (Å²) >= 11 is 0. The zero-order valence-electron chi connectivity index (χ0n) is 43.8. The Hall–Kier alpha value is -6.78. The molecule has 13 rings (SSSR count).